The normalized spacial score (nSPS) is 11.2. The molecule has 3 nitrogen and oxygen atoms in total. The highest BCUT2D eigenvalue weighted by molar-refractivity contribution is 5.91. The summed E-state index contributed by atoms with van der Waals surface area (Å²) in [5, 5.41) is 0.971. The van der Waals surface area contributed by atoms with Gasteiger partial charge in [0.25, 0.3) is 0 Å². The number of aryl methyl sites for hydroxylation is 1. The number of nitrogens with two attached hydrogens (primary N) is 1. The van der Waals surface area contributed by atoms with E-state index < -0.39 is 0 Å². The van der Waals surface area contributed by atoms with Gasteiger partial charge in [0.05, 0.1) is 0 Å². The van der Waals surface area contributed by atoms with E-state index >= 15 is 0 Å². The molecule has 0 aliphatic carbocycles. The van der Waals surface area contributed by atoms with Crippen LogP contribution in [0.25, 0.3) is 22.2 Å². The number of fused-ring (bicyclic) bond motifs is 1. The molecule has 0 atom stereocenters. The number of hydrogen-bond acceptors (Lipinski definition) is 2. The van der Waals surface area contributed by atoms with Crippen LogP contribution in [0.5, 0.6) is 0 Å². The summed E-state index contributed by atoms with van der Waals surface area (Å²) in [6.07, 6.45) is 2.87. The molecule has 0 bridgehead atoms. The summed E-state index contributed by atoms with van der Waals surface area (Å²) in [5.41, 5.74) is 11.1. The number of benzene rings is 2. The van der Waals surface area contributed by atoms with E-state index in [2.05, 4.69) is 34.1 Å². The number of anilines is 1. The van der Waals surface area contributed by atoms with Gasteiger partial charge in [-0.15, -0.1) is 0 Å². The van der Waals surface area contributed by atoms with Gasteiger partial charge in [-0.3, -0.25) is 0 Å². The quantitative estimate of drug-likeness (QED) is 0.663. The predicted octanol–water partition coefficient (Wildman–Crippen LogP) is 4.32. The van der Waals surface area contributed by atoms with Gasteiger partial charge in [-0.2, -0.15) is 0 Å². The maximum atomic E-state index is 13.7. The Morgan fingerprint density at radius 1 is 1.04 bits per heavy atom. The first-order valence-electron chi connectivity index (χ1n) is 8.38. The molecule has 4 heteroatoms. The minimum atomic E-state index is -0.198. The number of H-pyrrole nitrogens is 1. The third kappa shape index (κ3) is 3.29. The maximum Gasteiger partial charge on any atom is 0.123 e. The Morgan fingerprint density at radius 3 is 2.46 bits per heavy atom. The molecule has 0 aliphatic heterocycles. The van der Waals surface area contributed by atoms with Gasteiger partial charge < -0.3 is 15.6 Å². The maximum absolute atomic E-state index is 13.7. The van der Waals surface area contributed by atoms with Crippen molar-refractivity contribution in [3.05, 3.63) is 53.8 Å². The molecule has 126 valence electrons. The number of halogens is 1. The molecule has 0 fully saturated rings. The zero-order valence-corrected chi connectivity index (χ0v) is 14.3. The summed E-state index contributed by atoms with van der Waals surface area (Å²) in [7, 11) is 4.05. The molecule has 0 aliphatic rings. The van der Waals surface area contributed by atoms with Crippen LogP contribution in [-0.2, 0) is 6.42 Å². The molecule has 0 amide bonds. The highest BCUT2D eigenvalue weighted by Crippen LogP contribution is 2.32. The molecule has 0 spiro atoms. The van der Waals surface area contributed by atoms with Crippen molar-refractivity contribution in [2.75, 3.05) is 25.5 Å². The summed E-state index contributed by atoms with van der Waals surface area (Å²) in [5.74, 6) is -0.198. The van der Waals surface area contributed by atoms with E-state index in [0.29, 0.717) is 6.54 Å². The zero-order valence-electron chi connectivity index (χ0n) is 14.3. The molecule has 1 heterocycles. The Labute approximate surface area is 142 Å². The fourth-order valence-electron chi connectivity index (χ4n) is 3.10. The lowest BCUT2D eigenvalue weighted by molar-refractivity contribution is 0.629. The van der Waals surface area contributed by atoms with Gasteiger partial charge in [-0.05, 0) is 67.3 Å². The second-order valence-electron chi connectivity index (χ2n) is 6.36. The second kappa shape index (κ2) is 7.05. The highest BCUT2D eigenvalue weighted by Gasteiger charge is 2.14. The van der Waals surface area contributed by atoms with E-state index in [4.69, 9.17) is 5.73 Å². The van der Waals surface area contributed by atoms with Crippen LogP contribution in [0, 0.1) is 5.82 Å². The third-order valence-corrected chi connectivity index (χ3v) is 4.42. The molecule has 2 aromatic carbocycles. The van der Waals surface area contributed by atoms with Crippen LogP contribution in [-0.4, -0.2) is 25.6 Å². The van der Waals surface area contributed by atoms with Crippen LogP contribution in [0.1, 0.15) is 18.4 Å². The molecule has 0 unspecified atom stereocenters. The minimum absolute atomic E-state index is 0.198. The lowest BCUT2D eigenvalue weighted by Gasteiger charge is -2.13. The molecule has 3 rings (SSSR count). The molecule has 3 N–H and O–H groups in total. The van der Waals surface area contributed by atoms with Crippen molar-refractivity contribution in [2.24, 2.45) is 5.73 Å². The van der Waals surface area contributed by atoms with Crippen molar-refractivity contribution >= 4 is 16.6 Å². The Balaban J connectivity index is 2.06. The topological polar surface area (TPSA) is 45.0 Å². The smallest absolute Gasteiger partial charge is 0.123 e. The fraction of sp³-hybridized carbons (Fsp3) is 0.300. The first-order valence-corrected chi connectivity index (χ1v) is 8.38. The van der Waals surface area contributed by atoms with E-state index in [1.807, 2.05) is 20.2 Å². The van der Waals surface area contributed by atoms with Gasteiger partial charge in [0.1, 0.15) is 5.82 Å². The second-order valence-corrected chi connectivity index (χ2v) is 6.36. The van der Waals surface area contributed by atoms with E-state index in [1.54, 1.807) is 6.07 Å². The van der Waals surface area contributed by atoms with Gasteiger partial charge in [-0.25, -0.2) is 4.39 Å². The van der Waals surface area contributed by atoms with E-state index in [1.165, 1.54) is 11.6 Å². The summed E-state index contributed by atoms with van der Waals surface area (Å²) >= 11 is 0. The number of nitrogens with one attached hydrogen (secondary N) is 1. The first-order chi connectivity index (χ1) is 11.6. The van der Waals surface area contributed by atoms with Gasteiger partial charge in [0, 0.05) is 36.4 Å². The van der Waals surface area contributed by atoms with Crippen molar-refractivity contribution in [2.45, 2.75) is 19.3 Å². The zero-order chi connectivity index (χ0) is 17.1. The lowest BCUT2D eigenvalue weighted by atomic mass is 10.00. The van der Waals surface area contributed by atoms with Gasteiger partial charge in [0.15, 0.2) is 0 Å². The summed E-state index contributed by atoms with van der Waals surface area (Å²) in [4.78, 5) is 5.55. The summed E-state index contributed by atoms with van der Waals surface area (Å²) in [6.45, 7) is 0.684. The molecule has 0 radical (unpaired) electrons. The third-order valence-electron chi connectivity index (χ3n) is 4.42. The van der Waals surface area contributed by atoms with Crippen molar-refractivity contribution in [3.8, 4) is 11.3 Å². The SMILES string of the molecule is CN(C)c1ccc(-c2[nH]c3ccc(F)cc3c2CCCCN)cc1. The predicted molar refractivity (Wildman–Crippen MR) is 100 cm³/mol. The summed E-state index contributed by atoms with van der Waals surface area (Å²) < 4.78 is 13.7. The van der Waals surface area contributed by atoms with Crippen molar-refractivity contribution < 1.29 is 4.39 Å². The van der Waals surface area contributed by atoms with Crippen LogP contribution in [0.3, 0.4) is 0 Å². The number of hydrogen-bond donors (Lipinski definition) is 2. The number of rotatable bonds is 6. The molecule has 0 saturated carbocycles. The van der Waals surface area contributed by atoms with E-state index in [9.17, 15) is 4.39 Å². The van der Waals surface area contributed by atoms with Crippen molar-refractivity contribution in [1.82, 2.24) is 4.98 Å². The average molecular weight is 325 g/mol. The number of unbranched alkanes of at least 4 members (excludes halogenated alkanes) is 1. The number of nitrogens with zero attached hydrogens (tertiary/aromatic N) is 1. The van der Waals surface area contributed by atoms with Crippen LogP contribution < -0.4 is 10.6 Å². The van der Waals surface area contributed by atoms with Crippen molar-refractivity contribution in [1.29, 1.82) is 0 Å². The van der Waals surface area contributed by atoms with Gasteiger partial charge >= 0.3 is 0 Å². The van der Waals surface area contributed by atoms with Crippen molar-refractivity contribution in [3.63, 3.8) is 0 Å². The molecular formula is C20H24FN3. The van der Waals surface area contributed by atoms with E-state index in [-0.39, 0.29) is 5.82 Å². The standard InChI is InChI=1S/C20H24FN3/c1-24(2)16-9-6-14(7-10-16)20-17(5-3-4-12-22)18-13-15(21)8-11-19(18)23-20/h6-11,13,23H,3-5,12,22H2,1-2H3. The summed E-state index contributed by atoms with van der Waals surface area (Å²) in [6, 6.07) is 13.4. The Kier molecular flexibility index (Phi) is 4.86. The average Bonchev–Trinajstić information content (AvgIpc) is 2.93. The first kappa shape index (κ1) is 16.5. The van der Waals surface area contributed by atoms with Crippen LogP contribution >= 0.6 is 0 Å². The number of aromatic nitrogens is 1. The minimum Gasteiger partial charge on any atom is -0.378 e. The number of aromatic amines is 1. The molecular weight excluding hydrogens is 301 g/mol. The molecule has 0 saturated heterocycles. The Morgan fingerprint density at radius 2 is 1.79 bits per heavy atom. The Bertz CT molecular complexity index is 819. The fourth-order valence-corrected chi connectivity index (χ4v) is 3.10. The lowest BCUT2D eigenvalue weighted by Crippen LogP contribution is -2.07. The monoisotopic (exact) mass is 325 g/mol. The van der Waals surface area contributed by atoms with Gasteiger partial charge in [-0.1, -0.05) is 12.1 Å². The van der Waals surface area contributed by atoms with Crippen LogP contribution in [0.4, 0.5) is 10.1 Å². The molecule has 3 aromatic rings. The van der Waals surface area contributed by atoms with E-state index in [0.717, 1.165) is 47.1 Å². The molecule has 24 heavy (non-hydrogen) atoms. The van der Waals surface area contributed by atoms with Crippen LogP contribution in [0.2, 0.25) is 0 Å². The van der Waals surface area contributed by atoms with Gasteiger partial charge in [0.2, 0.25) is 0 Å². The largest absolute Gasteiger partial charge is 0.378 e. The Hall–Kier alpha value is -2.33. The highest BCUT2D eigenvalue weighted by atomic mass is 19.1. The molecule has 1 aromatic heterocycles. The van der Waals surface area contributed by atoms with Crippen LogP contribution in [0.15, 0.2) is 42.5 Å².